The van der Waals surface area contributed by atoms with Gasteiger partial charge in [0.2, 0.25) is 0 Å². The topological polar surface area (TPSA) is 81.1 Å². The number of nitrogens with zero attached hydrogens (tertiary/aromatic N) is 3. The summed E-state index contributed by atoms with van der Waals surface area (Å²) in [4.78, 5) is 20.4. The number of hydrogen-bond donors (Lipinski definition) is 2. The SMILES string of the molecule is Cc1ccc(OCCNC(=O)NCc2cccnc2-n2ccnc2)c(C)c1. The molecule has 0 aliphatic rings. The van der Waals surface area contributed by atoms with E-state index in [1.807, 2.05) is 48.9 Å². The molecule has 2 aromatic heterocycles. The van der Waals surface area contributed by atoms with Crippen molar-refractivity contribution < 1.29 is 9.53 Å². The molecule has 2 amide bonds. The van der Waals surface area contributed by atoms with E-state index < -0.39 is 0 Å². The lowest BCUT2D eigenvalue weighted by atomic mass is 10.1. The third-order valence-electron chi connectivity index (χ3n) is 4.03. The van der Waals surface area contributed by atoms with Crippen LogP contribution in [0.25, 0.3) is 5.82 Å². The molecule has 0 unspecified atom stereocenters. The second-order valence-electron chi connectivity index (χ2n) is 6.18. The molecule has 7 heteroatoms. The van der Waals surface area contributed by atoms with Gasteiger partial charge in [-0.25, -0.2) is 14.8 Å². The first-order valence-corrected chi connectivity index (χ1v) is 8.77. The third-order valence-corrected chi connectivity index (χ3v) is 4.03. The number of rotatable bonds is 7. The number of pyridine rings is 1. The van der Waals surface area contributed by atoms with Crippen LogP contribution in [0.15, 0.2) is 55.2 Å². The molecule has 2 heterocycles. The van der Waals surface area contributed by atoms with Gasteiger partial charge in [0.25, 0.3) is 0 Å². The summed E-state index contributed by atoms with van der Waals surface area (Å²) in [7, 11) is 0. The predicted molar refractivity (Wildman–Crippen MR) is 103 cm³/mol. The van der Waals surface area contributed by atoms with Crippen molar-refractivity contribution in [3.05, 3.63) is 71.9 Å². The number of hydrogen-bond acceptors (Lipinski definition) is 4. The van der Waals surface area contributed by atoms with Crippen molar-refractivity contribution in [2.45, 2.75) is 20.4 Å². The Bertz CT molecular complexity index is 893. The summed E-state index contributed by atoms with van der Waals surface area (Å²) in [6, 6.07) is 9.54. The van der Waals surface area contributed by atoms with Crippen LogP contribution in [-0.4, -0.2) is 33.7 Å². The lowest BCUT2D eigenvalue weighted by Crippen LogP contribution is -2.37. The van der Waals surface area contributed by atoms with E-state index in [9.17, 15) is 4.79 Å². The molecule has 0 spiro atoms. The molecular weight excluding hydrogens is 342 g/mol. The zero-order chi connectivity index (χ0) is 19.1. The highest BCUT2D eigenvalue weighted by atomic mass is 16.5. The maximum absolute atomic E-state index is 12.0. The Morgan fingerprint density at radius 2 is 2.07 bits per heavy atom. The van der Waals surface area contributed by atoms with Gasteiger partial charge in [-0.15, -0.1) is 0 Å². The number of benzene rings is 1. The fourth-order valence-electron chi connectivity index (χ4n) is 2.71. The van der Waals surface area contributed by atoms with Crippen LogP contribution in [0.4, 0.5) is 4.79 Å². The molecule has 27 heavy (non-hydrogen) atoms. The minimum Gasteiger partial charge on any atom is -0.491 e. The van der Waals surface area contributed by atoms with Gasteiger partial charge in [0.1, 0.15) is 24.5 Å². The van der Waals surface area contributed by atoms with Crippen molar-refractivity contribution in [1.29, 1.82) is 0 Å². The Morgan fingerprint density at radius 3 is 2.85 bits per heavy atom. The number of carbonyl (C=O) groups excluding carboxylic acids is 1. The highest BCUT2D eigenvalue weighted by molar-refractivity contribution is 5.73. The van der Waals surface area contributed by atoms with Gasteiger partial charge in [0.15, 0.2) is 0 Å². The first-order chi connectivity index (χ1) is 13.1. The molecule has 0 fully saturated rings. The average Bonchev–Trinajstić information content (AvgIpc) is 3.20. The number of amides is 2. The van der Waals surface area contributed by atoms with Crippen LogP contribution >= 0.6 is 0 Å². The molecule has 140 valence electrons. The Balaban J connectivity index is 1.44. The molecule has 0 atom stereocenters. The molecule has 2 N–H and O–H groups in total. The fraction of sp³-hybridized carbons (Fsp3) is 0.250. The number of ether oxygens (including phenoxy) is 1. The van der Waals surface area contributed by atoms with E-state index in [2.05, 4.69) is 26.7 Å². The van der Waals surface area contributed by atoms with Crippen LogP contribution in [0.2, 0.25) is 0 Å². The van der Waals surface area contributed by atoms with Crippen LogP contribution in [0.1, 0.15) is 16.7 Å². The number of aryl methyl sites for hydroxylation is 2. The van der Waals surface area contributed by atoms with Crippen LogP contribution in [0.5, 0.6) is 5.75 Å². The largest absolute Gasteiger partial charge is 0.491 e. The Hall–Kier alpha value is -3.35. The zero-order valence-corrected chi connectivity index (χ0v) is 15.5. The Labute approximate surface area is 158 Å². The second kappa shape index (κ2) is 8.84. The van der Waals surface area contributed by atoms with Gasteiger partial charge in [-0.05, 0) is 31.5 Å². The minimum absolute atomic E-state index is 0.250. The van der Waals surface area contributed by atoms with Gasteiger partial charge in [-0.1, -0.05) is 23.8 Å². The summed E-state index contributed by atoms with van der Waals surface area (Å²) in [5, 5.41) is 5.63. The second-order valence-corrected chi connectivity index (χ2v) is 6.18. The van der Waals surface area contributed by atoms with Crippen molar-refractivity contribution in [1.82, 2.24) is 25.2 Å². The van der Waals surface area contributed by atoms with Crippen molar-refractivity contribution in [2.24, 2.45) is 0 Å². The van der Waals surface area contributed by atoms with Crippen molar-refractivity contribution in [3.8, 4) is 11.6 Å². The standard InChI is InChI=1S/C20H23N5O2/c1-15-5-6-18(16(2)12-15)27-11-9-23-20(26)24-13-17-4-3-7-22-19(17)25-10-8-21-14-25/h3-8,10,12,14H,9,11,13H2,1-2H3,(H2,23,24,26). The van der Waals surface area contributed by atoms with Gasteiger partial charge in [-0.2, -0.15) is 0 Å². The van der Waals surface area contributed by atoms with E-state index in [1.165, 1.54) is 5.56 Å². The van der Waals surface area contributed by atoms with Gasteiger partial charge in [0, 0.05) is 30.7 Å². The quantitative estimate of drug-likeness (QED) is 0.631. The van der Waals surface area contributed by atoms with Gasteiger partial charge < -0.3 is 15.4 Å². The summed E-state index contributed by atoms with van der Waals surface area (Å²) in [5.41, 5.74) is 3.18. The van der Waals surface area contributed by atoms with Crippen molar-refractivity contribution in [2.75, 3.05) is 13.2 Å². The van der Waals surface area contributed by atoms with E-state index >= 15 is 0 Å². The summed E-state index contributed by atoms with van der Waals surface area (Å²) in [6.07, 6.45) is 6.89. The first-order valence-electron chi connectivity index (χ1n) is 8.77. The molecule has 0 aliphatic heterocycles. The minimum atomic E-state index is -0.250. The van der Waals surface area contributed by atoms with Gasteiger partial charge in [0.05, 0.1) is 6.54 Å². The van der Waals surface area contributed by atoms with Crippen molar-refractivity contribution >= 4 is 6.03 Å². The third kappa shape index (κ3) is 5.07. The fourth-order valence-corrected chi connectivity index (χ4v) is 2.71. The summed E-state index contributed by atoms with van der Waals surface area (Å²) in [5.74, 6) is 1.58. The van der Waals surface area contributed by atoms with E-state index in [4.69, 9.17) is 4.74 Å². The first kappa shape index (κ1) is 18.4. The lowest BCUT2D eigenvalue weighted by Gasteiger charge is -2.12. The molecule has 1 aromatic carbocycles. The predicted octanol–water partition coefficient (Wildman–Crippen LogP) is 2.76. The monoisotopic (exact) mass is 365 g/mol. The Kier molecular flexibility index (Phi) is 6.04. The molecule has 0 bridgehead atoms. The Morgan fingerprint density at radius 1 is 1.19 bits per heavy atom. The highest BCUT2D eigenvalue weighted by Crippen LogP contribution is 2.18. The molecule has 3 aromatic rings. The summed E-state index contributed by atoms with van der Waals surface area (Å²) >= 11 is 0. The summed E-state index contributed by atoms with van der Waals surface area (Å²) < 4.78 is 7.52. The smallest absolute Gasteiger partial charge is 0.315 e. The molecule has 0 saturated heterocycles. The molecular formula is C20H23N5O2. The van der Waals surface area contributed by atoms with Gasteiger partial charge in [-0.3, -0.25) is 4.57 Å². The van der Waals surface area contributed by atoms with Gasteiger partial charge >= 0.3 is 6.03 Å². The maximum Gasteiger partial charge on any atom is 0.315 e. The van der Waals surface area contributed by atoms with E-state index in [0.717, 1.165) is 22.7 Å². The number of imidazole rings is 1. The number of urea groups is 1. The van der Waals surface area contributed by atoms with Crippen LogP contribution in [0.3, 0.4) is 0 Å². The van der Waals surface area contributed by atoms with E-state index in [0.29, 0.717) is 19.7 Å². The highest BCUT2D eigenvalue weighted by Gasteiger charge is 2.07. The normalized spacial score (nSPS) is 10.4. The average molecular weight is 365 g/mol. The van der Waals surface area contributed by atoms with Crippen molar-refractivity contribution in [3.63, 3.8) is 0 Å². The summed E-state index contributed by atoms with van der Waals surface area (Å²) in [6.45, 7) is 5.24. The number of aromatic nitrogens is 3. The van der Waals surface area contributed by atoms with Crippen LogP contribution in [0, 0.1) is 13.8 Å². The molecule has 3 rings (SSSR count). The van der Waals surface area contributed by atoms with E-state index in [1.54, 1.807) is 18.7 Å². The lowest BCUT2D eigenvalue weighted by molar-refractivity contribution is 0.236. The van der Waals surface area contributed by atoms with E-state index in [-0.39, 0.29) is 6.03 Å². The molecule has 7 nitrogen and oxygen atoms in total. The molecule has 0 saturated carbocycles. The van der Waals surface area contributed by atoms with Crippen LogP contribution < -0.4 is 15.4 Å². The molecule has 0 radical (unpaired) electrons. The maximum atomic E-state index is 12.0. The zero-order valence-electron chi connectivity index (χ0n) is 15.5. The number of carbonyl (C=O) groups is 1. The number of nitrogens with one attached hydrogen (secondary N) is 2. The van der Waals surface area contributed by atoms with Crippen LogP contribution in [-0.2, 0) is 6.54 Å². The molecule has 0 aliphatic carbocycles.